The van der Waals surface area contributed by atoms with Gasteiger partial charge in [0.05, 0.1) is 23.2 Å². The molecule has 0 unspecified atom stereocenters. The van der Waals surface area contributed by atoms with E-state index in [9.17, 15) is 4.79 Å². The molecule has 7 heteroatoms. The minimum absolute atomic E-state index is 0.0212. The van der Waals surface area contributed by atoms with Crippen LogP contribution in [0.1, 0.15) is 47.9 Å². The lowest BCUT2D eigenvalue weighted by atomic mass is 9.98. The summed E-state index contributed by atoms with van der Waals surface area (Å²) in [6, 6.07) is 11.8. The molecule has 0 saturated carbocycles. The summed E-state index contributed by atoms with van der Waals surface area (Å²) >= 11 is 0. The van der Waals surface area contributed by atoms with Crippen LogP contribution in [-0.4, -0.2) is 53.8 Å². The van der Waals surface area contributed by atoms with Crippen LogP contribution in [0.3, 0.4) is 0 Å². The average Bonchev–Trinajstić information content (AvgIpc) is 3.20. The smallest absolute Gasteiger partial charge is 0.256 e. The first-order valence-corrected chi connectivity index (χ1v) is 12.3. The summed E-state index contributed by atoms with van der Waals surface area (Å²) in [7, 11) is 1.71. The van der Waals surface area contributed by atoms with Crippen molar-refractivity contribution in [2.45, 2.75) is 46.1 Å². The zero-order valence-corrected chi connectivity index (χ0v) is 20.5. The third kappa shape index (κ3) is 5.36. The van der Waals surface area contributed by atoms with Crippen molar-refractivity contribution in [1.29, 1.82) is 0 Å². The van der Waals surface area contributed by atoms with Gasteiger partial charge in [-0.1, -0.05) is 24.6 Å². The summed E-state index contributed by atoms with van der Waals surface area (Å²) in [5.41, 5.74) is 10.3. The van der Waals surface area contributed by atoms with E-state index in [0.717, 1.165) is 61.4 Å². The highest BCUT2D eigenvalue weighted by atomic mass is 16.5. The number of aromatic nitrogens is 2. The van der Waals surface area contributed by atoms with Gasteiger partial charge in [0.1, 0.15) is 11.6 Å². The van der Waals surface area contributed by atoms with Crippen molar-refractivity contribution in [2.24, 2.45) is 5.92 Å². The molecule has 1 aliphatic rings. The van der Waals surface area contributed by atoms with Gasteiger partial charge in [-0.25, -0.2) is 4.98 Å². The number of methoxy groups -OCH3 is 1. The lowest BCUT2D eigenvalue weighted by Gasteiger charge is -2.33. The number of likely N-dealkylation sites (tertiary alicyclic amines) is 1. The first-order chi connectivity index (χ1) is 16.5. The number of fused-ring (bicyclic) bond motifs is 1. The summed E-state index contributed by atoms with van der Waals surface area (Å²) in [5, 5.41) is 0. The van der Waals surface area contributed by atoms with Crippen LogP contribution in [0.2, 0.25) is 0 Å². The number of nitrogens with zero attached hydrogens (tertiary/aromatic N) is 3. The van der Waals surface area contributed by atoms with Crippen molar-refractivity contribution in [2.75, 3.05) is 39.1 Å². The quantitative estimate of drug-likeness (QED) is 0.374. The molecule has 0 spiro atoms. The molecule has 0 radical (unpaired) electrons. The predicted molar refractivity (Wildman–Crippen MR) is 135 cm³/mol. The number of benzene rings is 2. The number of piperidine rings is 1. The van der Waals surface area contributed by atoms with Gasteiger partial charge in [-0.15, -0.1) is 0 Å². The number of anilines is 1. The zero-order valence-electron chi connectivity index (χ0n) is 20.5. The number of aryl methyl sites for hydroxylation is 3. The van der Waals surface area contributed by atoms with Crippen LogP contribution in [0, 0.1) is 12.8 Å². The van der Waals surface area contributed by atoms with Gasteiger partial charge in [0.25, 0.3) is 5.91 Å². The van der Waals surface area contributed by atoms with E-state index in [2.05, 4.69) is 30.5 Å². The molecule has 2 heterocycles. The number of nitrogen functional groups attached to an aromatic ring is 1. The van der Waals surface area contributed by atoms with E-state index in [1.165, 1.54) is 5.56 Å². The topological polar surface area (TPSA) is 82.6 Å². The van der Waals surface area contributed by atoms with E-state index in [-0.39, 0.29) is 5.91 Å². The van der Waals surface area contributed by atoms with Gasteiger partial charge in [-0.2, -0.15) is 0 Å². The molecule has 1 amide bonds. The van der Waals surface area contributed by atoms with Gasteiger partial charge < -0.3 is 24.7 Å². The number of carbonyl (C=O) groups is 1. The first kappa shape index (κ1) is 24.1. The Labute approximate surface area is 201 Å². The Bertz CT molecular complexity index is 1120. The summed E-state index contributed by atoms with van der Waals surface area (Å²) in [6.45, 7) is 7.60. The maximum absolute atomic E-state index is 13.8. The molecule has 1 saturated heterocycles. The second-order valence-electron chi connectivity index (χ2n) is 9.20. The van der Waals surface area contributed by atoms with Crippen molar-refractivity contribution >= 4 is 22.6 Å². The van der Waals surface area contributed by atoms with Crippen molar-refractivity contribution in [1.82, 2.24) is 14.5 Å². The van der Waals surface area contributed by atoms with Crippen molar-refractivity contribution in [3.8, 4) is 5.75 Å². The minimum Gasteiger partial charge on any atom is -0.493 e. The third-order valence-corrected chi connectivity index (χ3v) is 6.53. The van der Waals surface area contributed by atoms with Crippen molar-refractivity contribution < 1.29 is 14.3 Å². The Morgan fingerprint density at radius 3 is 2.76 bits per heavy atom. The SMILES string of the molecule is CCc1nc2cc(N)cc(C(=O)N3CCC[C@H](COc4ccc(C)cc4)C3)c2n1CCCOC. The number of hydrogen-bond donors (Lipinski definition) is 1. The molecular weight excluding hydrogens is 428 g/mol. The maximum atomic E-state index is 13.8. The maximum Gasteiger partial charge on any atom is 0.256 e. The summed E-state index contributed by atoms with van der Waals surface area (Å²) in [5.74, 6) is 2.16. The standard InChI is InChI=1S/C27H36N4O3/c1-4-25-29-24-16-21(28)15-23(26(24)31(25)13-6-14-33-3)27(32)30-12-5-7-20(17-30)18-34-22-10-8-19(2)9-11-22/h8-11,15-16,20H,4-7,12-14,17-18,28H2,1-3H3/t20-/m0/s1. The third-order valence-electron chi connectivity index (χ3n) is 6.53. The summed E-state index contributed by atoms with van der Waals surface area (Å²) in [6.07, 6.45) is 3.66. The lowest BCUT2D eigenvalue weighted by molar-refractivity contribution is 0.0635. The second-order valence-corrected chi connectivity index (χ2v) is 9.20. The molecule has 1 aliphatic heterocycles. The highest BCUT2D eigenvalue weighted by molar-refractivity contribution is 6.06. The van der Waals surface area contributed by atoms with Crippen LogP contribution < -0.4 is 10.5 Å². The van der Waals surface area contributed by atoms with Crippen LogP contribution in [0.5, 0.6) is 5.75 Å². The van der Waals surface area contributed by atoms with E-state index < -0.39 is 0 Å². The van der Waals surface area contributed by atoms with Gasteiger partial charge >= 0.3 is 0 Å². The molecule has 1 atom stereocenters. The van der Waals surface area contributed by atoms with E-state index in [1.807, 2.05) is 29.2 Å². The van der Waals surface area contributed by atoms with E-state index in [0.29, 0.717) is 36.9 Å². The Hall–Kier alpha value is -3.06. The van der Waals surface area contributed by atoms with Crippen LogP contribution in [0.25, 0.3) is 11.0 Å². The molecule has 2 aromatic carbocycles. The highest BCUT2D eigenvalue weighted by Crippen LogP contribution is 2.28. The molecular formula is C27H36N4O3. The Morgan fingerprint density at radius 2 is 2.03 bits per heavy atom. The number of carbonyl (C=O) groups excluding carboxylic acids is 1. The molecule has 0 bridgehead atoms. The fourth-order valence-electron chi connectivity index (χ4n) is 4.78. The van der Waals surface area contributed by atoms with Gasteiger partial charge in [-0.05, 0) is 50.5 Å². The van der Waals surface area contributed by atoms with Crippen molar-refractivity contribution in [3.05, 3.63) is 53.3 Å². The van der Waals surface area contributed by atoms with E-state index in [4.69, 9.17) is 20.2 Å². The van der Waals surface area contributed by atoms with Gasteiger partial charge in [0.2, 0.25) is 0 Å². The minimum atomic E-state index is 0.0212. The summed E-state index contributed by atoms with van der Waals surface area (Å²) in [4.78, 5) is 20.5. The van der Waals surface area contributed by atoms with Crippen LogP contribution >= 0.6 is 0 Å². The highest BCUT2D eigenvalue weighted by Gasteiger charge is 2.28. The Balaban J connectivity index is 1.55. The molecule has 4 rings (SSSR count). The van der Waals surface area contributed by atoms with Crippen LogP contribution in [0.4, 0.5) is 5.69 Å². The monoisotopic (exact) mass is 464 g/mol. The zero-order chi connectivity index (χ0) is 24.1. The molecule has 3 aromatic rings. The molecule has 34 heavy (non-hydrogen) atoms. The number of amides is 1. The first-order valence-electron chi connectivity index (χ1n) is 12.3. The molecule has 182 valence electrons. The van der Waals surface area contributed by atoms with Gasteiger partial charge in [-0.3, -0.25) is 4.79 Å². The average molecular weight is 465 g/mol. The Morgan fingerprint density at radius 1 is 1.24 bits per heavy atom. The molecule has 7 nitrogen and oxygen atoms in total. The lowest BCUT2D eigenvalue weighted by Crippen LogP contribution is -2.41. The number of ether oxygens (including phenoxy) is 2. The van der Waals surface area contributed by atoms with Crippen LogP contribution in [0.15, 0.2) is 36.4 Å². The van der Waals surface area contributed by atoms with Crippen LogP contribution in [-0.2, 0) is 17.7 Å². The summed E-state index contributed by atoms with van der Waals surface area (Å²) < 4.78 is 13.5. The van der Waals surface area contributed by atoms with E-state index >= 15 is 0 Å². The number of imidazole rings is 1. The van der Waals surface area contributed by atoms with Gasteiger partial charge in [0, 0.05) is 51.4 Å². The number of hydrogen-bond acceptors (Lipinski definition) is 5. The van der Waals surface area contributed by atoms with Gasteiger partial charge in [0.15, 0.2) is 0 Å². The number of nitrogens with two attached hydrogens (primary N) is 1. The fourth-order valence-corrected chi connectivity index (χ4v) is 4.78. The molecule has 0 aliphatic carbocycles. The largest absolute Gasteiger partial charge is 0.493 e. The Kier molecular flexibility index (Phi) is 7.73. The normalized spacial score (nSPS) is 16.2. The molecule has 2 N–H and O–H groups in total. The second kappa shape index (κ2) is 10.9. The van der Waals surface area contributed by atoms with Crippen molar-refractivity contribution in [3.63, 3.8) is 0 Å². The van der Waals surface area contributed by atoms with E-state index in [1.54, 1.807) is 7.11 Å². The predicted octanol–water partition coefficient (Wildman–Crippen LogP) is 4.46. The fraction of sp³-hybridized carbons (Fsp3) is 0.481. The molecule has 1 fully saturated rings. The molecule has 1 aromatic heterocycles. The number of rotatable bonds is 9.